The Bertz CT molecular complexity index is 2370. The zero-order valence-electron chi connectivity index (χ0n) is 29.6. The largest absolute Gasteiger partial charge is 0.466 e. The van der Waals surface area contributed by atoms with E-state index in [1.807, 2.05) is 39.7 Å². The van der Waals surface area contributed by atoms with Crippen LogP contribution in [0.2, 0.25) is 0 Å². The van der Waals surface area contributed by atoms with Crippen molar-refractivity contribution in [2.45, 2.75) is 38.8 Å². The summed E-state index contributed by atoms with van der Waals surface area (Å²) in [6, 6.07) is 48.1. The van der Waals surface area contributed by atoms with Gasteiger partial charge in [0, 0.05) is 17.3 Å². The van der Waals surface area contributed by atoms with Crippen LogP contribution >= 0.6 is 0 Å². The van der Waals surface area contributed by atoms with E-state index in [0.29, 0.717) is 24.8 Å². The van der Waals surface area contributed by atoms with Crippen molar-refractivity contribution in [3.63, 3.8) is 0 Å². The monoisotopic (exact) mass is 698 g/mol. The van der Waals surface area contributed by atoms with Crippen molar-refractivity contribution < 1.29 is 9.53 Å². The van der Waals surface area contributed by atoms with Gasteiger partial charge in [0.15, 0.2) is 17.3 Å². The molecule has 0 aliphatic carbocycles. The molecule has 5 aromatic carbocycles. The van der Waals surface area contributed by atoms with Crippen LogP contribution in [0.25, 0.3) is 28.2 Å². The second-order valence-electron chi connectivity index (χ2n) is 12.8. The van der Waals surface area contributed by atoms with Gasteiger partial charge in [-0.15, -0.1) is 10.2 Å². The van der Waals surface area contributed by atoms with Gasteiger partial charge in [0.2, 0.25) is 0 Å². The molecule has 0 fully saturated rings. The normalized spacial score (nSPS) is 11.6. The lowest BCUT2D eigenvalue weighted by atomic mass is 9.77. The van der Waals surface area contributed by atoms with Gasteiger partial charge in [-0.25, -0.2) is 9.67 Å². The van der Waals surface area contributed by atoms with Gasteiger partial charge in [-0.3, -0.25) is 9.48 Å². The fourth-order valence-corrected chi connectivity index (χ4v) is 7.19. The molecule has 0 aliphatic rings. The number of hydrogen-bond acceptors (Lipinski definition) is 7. The zero-order chi connectivity index (χ0) is 36.2. The number of nitrogens with zero attached hydrogens (tertiary/aromatic N) is 8. The van der Waals surface area contributed by atoms with Crippen molar-refractivity contribution in [3.05, 3.63) is 179 Å². The summed E-state index contributed by atoms with van der Waals surface area (Å²) in [5.41, 5.74) is 8.12. The van der Waals surface area contributed by atoms with Crippen LogP contribution in [-0.4, -0.2) is 52.2 Å². The van der Waals surface area contributed by atoms with Crippen LogP contribution in [0, 0.1) is 0 Å². The summed E-state index contributed by atoms with van der Waals surface area (Å²) in [6.07, 6.45) is 2.91. The molecule has 10 nitrogen and oxygen atoms in total. The Morgan fingerprint density at radius 2 is 1.30 bits per heavy atom. The molecular formula is C43H38N8O2. The molecule has 0 bridgehead atoms. The van der Waals surface area contributed by atoms with E-state index >= 15 is 0 Å². The Kier molecular flexibility index (Phi) is 9.16. The van der Waals surface area contributed by atoms with Gasteiger partial charge in [0.25, 0.3) is 0 Å². The number of carbonyl (C=O) groups excluding carboxylic acids is 1. The van der Waals surface area contributed by atoms with E-state index in [4.69, 9.17) is 15.0 Å². The minimum absolute atomic E-state index is 0.0409. The topological polar surface area (TPSA) is 105 Å². The molecule has 0 radical (unpaired) electrons. The van der Waals surface area contributed by atoms with E-state index in [9.17, 15) is 4.79 Å². The lowest BCUT2D eigenvalue weighted by molar-refractivity contribution is -0.142. The van der Waals surface area contributed by atoms with Crippen molar-refractivity contribution in [2.75, 3.05) is 6.61 Å². The summed E-state index contributed by atoms with van der Waals surface area (Å²) in [4.78, 5) is 16.8. The molecule has 0 saturated carbocycles. The minimum Gasteiger partial charge on any atom is -0.466 e. The third-order valence-corrected chi connectivity index (χ3v) is 9.60. The fraction of sp³-hybridized carbons (Fsp3) is 0.163. The predicted octanol–water partition coefficient (Wildman–Crippen LogP) is 7.41. The van der Waals surface area contributed by atoms with Crippen molar-refractivity contribution in [2.24, 2.45) is 0 Å². The molecular weight excluding hydrogens is 661 g/mol. The number of aromatic nitrogens is 8. The van der Waals surface area contributed by atoms with Gasteiger partial charge < -0.3 is 4.74 Å². The molecule has 0 saturated heterocycles. The maximum Gasteiger partial charge on any atom is 0.313 e. The quantitative estimate of drug-likeness (QED) is 0.0967. The average molecular weight is 699 g/mol. The highest BCUT2D eigenvalue weighted by molar-refractivity contribution is 5.81. The van der Waals surface area contributed by atoms with Crippen molar-refractivity contribution >= 4 is 11.6 Å². The number of fused-ring (bicyclic) bond motifs is 1. The van der Waals surface area contributed by atoms with Crippen LogP contribution in [0.1, 0.15) is 47.5 Å². The number of ether oxygens (including phenoxy) is 1. The first-order valence-electron chi connectivity index (χ1n) is 17.8. The molecule has 8 rings (SSSR count). The number of benzene rings is 5. The molecule has 0 spiro atoms. The number of carbonyl (C=O) groups is 1. The number of aryl methyl sites for hydroxylation is 1. The van der Waals surface area contributed by atoms with E-state index in [2.05, 4.69) is 138 Å². The number of esters is 1. The second kappa shape index (κ2) is 14.5. The molecule has 3 heterocycles. The lowest BCUT2D eigenvalue weighted by Crippen LogP contribution is -2.39. The molecule has 8 aromatic rings. The maximum atomic E-state index is 12.1. The summed E-state index contributed by atoms with van der Waals surface area (Å²) in [7, 11) is 0. The number of hydrogen-bond donors (Lipinski definition) is 0. The highest BCUT2D eigenvalue weighted by Crippen LogP contribution is 2.43. The van der Waals surface area contributed by atoms with Gasteiger partial charge in [-0.05, 0) is 57.2 Å². The Morgan fingerprint density at radius 3 is 1.89 bits per heavy atom. The number of rotatable bonds is 12. The van der Waals surface area contributed by atoms with Crippen LogP contribution in [0.5, 0.6) is 0 Å². The summed E-state index contributed by atoms with van der Waals surface area (Å²) < 4.78 is 10.9. The van der Waals surface area contributed by atoms with Crippen molar-refractivity contribution in [1.29, 1.82) is 0 Å². The molecule has 262 valence electrons. The maximum absolute atomic E-state index is 12.1. The van der Waals surface area contributed by atoms with Crippen LogP contribution < -0.4 is 0 Å². The van der Waals surface area contributed by atoms with Gasteiger partial charge in [0.05, 0.1) is 13.2 Å². The molecule has 0 aliphatic heterocycles. The highest BCUT2D eigenvalue weighted by Gasteiger charge is 2.42. The van der Waals surface area contributed by atoms with Gasteiger partial charge in [0.1, 0.15) is 12.0 Å². The highest BCUT2D eigenvalue weighted by atomic mass is 16.5. The molecule has 10 heteroatoms. The Labute approximate surface area is 307 Å². The van der Waals surface area contributed by atoms with E-state index in [-0.39, 0.29) is 12.4 Å². The van der Waals surface area contributed by atoms with E-state index in [1.165, 1.54) is 0 Å². The van der Waals surface area contributed by atoms with Gasteiger partial charge >= 0.3 is 5.97 Å². The first-order chi connectivity index (χ1) is 26.1. The third kappa shape index (κ3) is 6.18. The first kappa shape index (κ1) is 33.5. The summed E-state index contributed by atoms with van der Waals surface area (Å²) in [6.45, 7) is 4.78. The van der Waals surface area contributed by atoms with E-state index < -0.39 is 5.54 Å². The summed E-state index contributed by atoms with van der Waals surface area (Å²) in [5.74, 6) is 0.765. The van der Waals surface area contributed by atoms with Crippen LogP contribution in [0.3, 0.4) is 0 Å². The summed E-state index contributed by atoms with van der Waals surface area (Å²) in [5, 5.41) is 18.4. The fourth-order valence-electron chi connectivity index (χ4n) is 7.19. The molecule has 53 heavy (non-hydrogen) atoms. The molecule has 0 atom stereocenters. The minimum atomic E-state index is -0.865. The smallest absolute Gasteiger partial charge is 0.313 e. The molecule has 3 aromatic heterocycles. The molecule has 0 N–H and O–H groups in total. The first-order valence-corrected chi connectivity index (χ1v) is 17.8. The second-order valence-corrected chi connectivity index (χ2v) is 12.8. The van der Waals surface area contributed by atoms with Gasteiger partial charge in [-0.1, -0.05) is 146 Å². The SMILES string of the molecule is CCOC(=O)Cc1nc2c(CC)cn(Cc3ccc(-c4ccccc4-c4nnnn4C(c4ccccc4)(c4ccccc4)c4ccccc4)cc3)n2n1. The Balaban J connectivity index is 1.18. The van der Waals surface area contributed by atoms with E-state index in [0.717, 1.165) is 56.6 Å². The predicted molar refractivity (Wildman–Crippen MR) is 203 cm³/mol. The zero-order valence-corrected chi connectivity index (χ0v) is 29.6. The average Bonchev–Trinajstić information content (AvgIpc) is 3.94. The number of tetrazole rings is 1. The molecule has 0 amide bonds. The van der Waals surface area contributed by atoms with Crippen LogP contribution in [0.15, 0.2) is 146 Å². The molecule has 0 unspecified atom stereocenters. The standard InChI is InChI=1S/C43H38N8O2/c1-3-32-30-49(51-41(32)44-39(46-51)28-40(52)53-4-2)29-31-24-26-33(27-25-31)37-22-14-15-23-38(37)42-45-47-48-50(42)43(34-16-8-5-9-17-34,35-18-10-6-11-19-35)36-20-12-7-13-21-36/h5-27,30H,3-4,28-29H2,1-2H3. The van der Waals surface area contributed by atoms with E-state index in [1.54, 1.807) is 11.6 Å². The summed E-state index contributed by atoms with van der Waals surface area (Å²) >= 11 is 0. The van der Waals surface area contributed by atoms with Crippen molar-refractivity contribution in [1.82, 2.24) is 39.6 Å². The Hall–Kier alpha value is -6.68. The third-order valence-electron chi connectivity index (χ3n) is 9.60. The lowest BCUT2D eigenvalue weighted by Gasteiger charge is -2.36. The Morgan fingerprint density at radius 1 is 0.717 bits per heavy atom. The van der Waals surface area contributed by atoms with Crippen LogP contribution in [-0.2, 0) is 34.5 Å². The van der Waals surface area contributed by atoms with Crippen molar-refractivity contribution in [3.8, 4) is 22.5 Å². The van der Waals surface area contributed by atoms with Crippen LogP contribution in [0.4, 0.5) is 0 Å². The van der Waals surface area contributed by atoms with Gasteiger partial charge in [-0.2, -0.15) is 4.63 Å².